The molecule has 1 N–H and O–H groups in total. The van der Waals surface area contributed by atoms with Crippen LogP contribution in [-0.2, 0) is 11.2 Å². The number of aryl methyl sites for hydroxylation is 1. The van der Waals surface area contributed by atoms with Gasteiger partial charge in [0.15, 0.2) is 0 Å². The molecule has 0 bridgehead atoms. The Labute approximate surface area is 94.7 Å². The molecule has 0 spiro atoms. The van der Waals surface area contributed by atoms with Gasteiger partial charge in [-0.25, -0.2) is 0 Å². The molecule has 2 nitrogen and oxygen atoms in total. The fourth-order valence-corrected chi connectivity index (χ4v) is 2.93. The van der Waals surface area contributed by atoms with Crippen LogP contribution >= 0.6 is 11.3 Å². The van der Waals surface area contributed by atoms with Crippen molar-refractivity contribution in [1.29, 1.82) is 0 Å². The Morgan fingerprint density at radius 1 is 1.67 bits per heavy atom. The minimum absolute atomic E-state index is 0.227. The molecule has 2 unspecified atom stereocenters. The predicted molar refractivity (Wildman–Crippen MR) is 63.3 cm³/mol. The molecule has 2 rings (SSSR count). The first-order valence-electron chi connectivity index (χ1n) is 5.47. The van der Waals surface area contributed by atoms with E-state index >= 15 is 0 Å². The highest BCUT2D eigenvalue weighted by Gasteiger charge is 2.28. The van der Waals surface area contributed by atoms with E-state index in [1.165, 1.54) is 10.4 Å². The Morgan fingerprint density at radius 3 is 3.00 bits per heavy atom. The smallest absolute Gasteiger partial charge is 0.141 e. The molecule has 0 aromatic carbocycles. The lowest BCUT2D eigenvalue weighted by Crippen LogP contribution is -2.29. The van der Waals surface area contributed by atoms with E-state index in [9.17, 15) is 4.79 Å². The topological polar surface area (TPSA) is 29.1 Å². The molecule has 82 valence electrons. The van der Waals surface area contributed by atoms with Crippen LogP contribution in [0.3, 0.4) is 0 Å². The fourth-order valence-electron chi connectivity index (χ4n) is 2.22. The molecule has 2 atom stereocenters. The van der Waals surface area contributed by atoms with Crippen molar-refractivity contribution in [3.63, 3.8) is 0 Å². The zero-order valence-electron chi connectivity index (χ0n) is 9.25. The van der Waals surface area contributed by atoms with Crippen LogP contribution in [0, 0.1) is 12.8 Å². The van der Waals surface area contributed by atoms with E-state index in [0.29, 0.717) is 18.2 Å². The van der Waals surface area contributed by atoms with E-state index in [-0.39, 0.29) is 5.92 Å². The van der Waals surface area contributed by atoms with Gasteiger partial charge in [-0.1, -0.05) is 0 Å². The number of ketones is 1. The van der Waals surface area contributed by atoms with Crippen molar-refractivity contribution in [2.24, 2.45) is 5.92 Å². The average molecular weight is 223 g/mol. The van der Waals surface area contributed by atoms with Crippen LogP contribution < -0.4 is 5.32 Å². The molecule has 0 amide bonds. The fraction of sp³-hybridized carbons (Fsp3) is 0.583. The second-order valence-electron chi connectivity index (χ2n) is 4.35. The maximum absolute atomic E-state index is 12.0. The Balaban J connectivity index is 1.97. The standard InChI is InChI=1S/C12H17NOS/c1-8-5-10(7-15-8)6-12(14)11-3-4-13-9(11)2/h5,7,9,11,13H,3-4,6H2,1-2H3. The molecule has 3 heteroatoms. The molecule has 15 heavy (non-hydrogen) atoms. The first-order valence-corrected chi connectivity index (χ1v) is 6.35. The molecule has 1 aromatic heterocycles. The summed E-state index contributed by atoms with van der Waals surface area (Å²) in [4.78, 5) is 13.3. The van der Waals surface area contributed by atoms with Gasteiger partial charge in [0.25, 0.3) is 0 Å². The van der Waals surface area contributed by atoms with Gasteiger partial charge >= 0.3 is 0 Å². The zero-order valence-corrected chi connectivity index (χ0v) is 10.1. The minimum Gasteiger partial charge on any atom is -0.314 e. The molecule has 2 heterocycles. The van der Waals surface area contributed by atoms with Gasteiger partial charge in [0.05, 0.1) is 0 Å². The van der Waals surface area contributed by atoms with E-state index < -0.39 is 0 Å². The van der Waals surface area contributed by atoms with E-state index in [1.54, 1.807) is 11.3 Å². The van der Waals surface area contributed by atoms with Crippen molar-refractivity contribution in [1.82, 2.24) is 5.32 Å². The summed E-state index contributed by atoms with van der Waals surface area (Å²) >= 11 is 1.72. The summed E-state index contributed by atoms with van der Waals surface area (Å²) < 4.78 is 0. The quantitative estimate of drug-likeness (QED) is 0.851. The van der Waals surface area contributed by atoms with E-state index in [1.807, 2.05) is 0 Å². The molecule has 1 aliphatic heterocycles. The van der Waals surface area contributed by atoms with E-state index in [4.69, 9.17) is 0 Å². The Morgan fingerprint density at radius 2 is 2.47 bits per heavy atom. The van der Waals surface area contributed by atoms with Gasteiger partial charge in [0, 0.05) is 23.3 Å². The van der Waals surface area contributed by atoms with Gasteiger partial charge in [0.2, 0.25) is 0 Å². The predicted octanol–water partition coefficient (Wildman–Crippen LogP) is 2.17. The van der Waals surface area contributed by atoms with Gasteiger partial charge in [-0.05, 0) is 43.8 Å². The van der Waals surface area contributed by atoms with Gasteiger partial charge in [-0.15, -0.1) is 11.3 Å². The number of hydrogen-bond donors (Lipinski definition) is 1. The first kappa shape index (κ1) is 10.8. The molecule has 0 saturated carbocycles. The molecular weight excluding hydrogens is 206 g/mol. The number of thiophene rings is 1. The maximum Gasteiger partial charge on any atom is 0.141 e. The zero-order chi connectivity index (χ0) is 10.8. The number of nitrogens with one attached hydrogen (secondary N) is 1. The van der Waals surface area contributed by atoms with Crippen molar-refractivity contribution in [3.05, 3.63) is 21.9 Å². The highest BCUT2D eigenvalue weighted by Crippen LogP contribution is 2.20. The summed E-state index contributed by atoms with van der Waals surface area (Å²) in [5.74, 6) is 0.621. The number of Topliss-reactive ketones (excluding diaryl/α,β-unsaturated/α-hetero) is 1. The second kappa shape index (κ2) is 4.45. The van der Waals surface area contributed by atoms with Crippen LogP contribution in [0.1, 0.15) is 23.8 Å². The third kappa shape index (κ3) is 2.47. The SMILES string of the molecule is Cc1cc(CC(=O)C2CCNC2C)cs1. The summed E-state index contributed by atoms with van der Waals surface area (Å²) in [6.07, 6.45) is 1.62. The van der Waals surface area contributed by atoms with E-state index in [2.05, 4.69) is 30.6 Å². The highest BCUT2D eigenvalue weighted by atomic mass is 32.1. The third-order valence-electron chi connectivity index (χ3n) is 3.10. The first-order chi connectivity index (χ1) is 7.16. The monoisotopic (exact) mass is 223 g/mol. The van der Waals surface area contributed by atoms with Crippen molar-refractivity contribution in [2.75, 3.05) is 6.54 Å². The maximum atomic E-state index is 12.0. The van der Waals surface area contributed by atoms with Crippen molar-refractivity contribution in [3.8, 4) is 0 Å². The largest absolute Gasteiger partial charge is 0.314 e. The number of hydrogen-bond acceptors (Lipinski definition) is 3. The lowest BCUT2D eigenvalue weighted by Gasteiger charge is -2.12. The van der Waals surface area contributed by atoms with Gasteiger partial charge in [-0.2, -0.15) is 0 Å². The molecular formula is C12H17NOS. The number of carbonyl (C=O) groups is 1. The molecule has 0 aliphatic carbocycles. The summed E-state index contributed by atoms with van der Waals surface area (Å²) in [6, 6.07) is 2.48. The molecule has 0 radical (unpaired) electrons. The summed E-state index contributed by atoms with van der Waals surface area (Å²) in [6.45, 7) is 5.17. The van der Waals surface area contributed by atoms with Crippen LogP contribution in [0.25, 0.3) is 0 Å². The van der Waals surface area contributed by atoms with Crippen LogP contribution in [0.4, 0.5) is 0 Å². The van der Waals surface area contributed by atoms with Crippen molar-refractivity contribution >= 4 is 17.1 Å². The van der Waals surface area contributed by atoms with Crippen LogP contribution in [0.2, 0.25) is 0 Å². The summed E-state index contributed by atoms with van der Waals surface area (Å²) in [7, 11) is 0. The van der Waals surface area contributed by atoms with Gasteiger partial charge in [-0.3, -0.25) is 4.79 Å². The third-order valence-corrected chi connectivity index (χ3v) is 4.01. The highest BCUT2D eigenvalue weighted by molar-refractivity contribution is 7.10. The second-order valence-corrected chi connectivity index (χ2v) is 5.46. The number of carbonyl (C=O) groups excluding carboxylic acids is 1. The van der Waals surface area contributed by atoms with Crippen molar-refractivity contribution < 1.29 is 4.79 Å². The van der Waals surface area contributed by atoms with E-state index in [0.717, 1.165) is 13.0 Å². The molecule has 1 aliphatic rings. The summed E-state index contributed by atoms with van der Waals surface area (Å²) in [5.41, 5.74) is 1.18. The van der Waals surface area contributed by atoms with Crippen LogP contribution in [0.15, 0.2) is 11.4 Å². The normalized spacial score (nSPS) is 25.7. The Kier molecular flexibility index (Phi) is 3.22. The average Bonchev–Trinajstić information content (AvgIpc) is 2.75. The molecule has 1 fully saturated rings. The van der Waals surface area contributed by atoms with Crippen LogP contribution in [0.5, 0.6) is 0 Å². The lowest BCUT2D eigenvalue weighted by molar-refractivity contribution is -0.122. The molecule has 1 saturated heterocycles. The lowest BCUT2D eigenvalue weighted by atomic mass is 9.93. The van der Waals surface area contributed by atoms with Crippen LogP contribution in [-0.4, -0.2) is 18.4 Å². The molecule has 1 aromatic rings. The number of rotatable bonds is 3. The minimum atomic E-state index is 0.227. The van der Waals surface area contributed by atoms with Gasteiger partial charge < -0.3 is 5.32 Å². The van der Waals surface area contributed by atoms with Gasteiger partial charge in [0.1, 0.15) is 5.78 Å². The summed E-state index contributed by atoms with van der Waals surface area (Å²) in [5, 5.41) is 5.42. The Hall–Kier alpha value is -0.670. The van der Waals surface area contributed by atoms with Crippen molar-refractivity contribution in [2.45, 2.75) is 32.7 Å². The Bertz CT molecular complexity index is 358.